The van der Waals surface area contributed by atoms with Gasteiger partial charge < -0.3 is 10.5 Å². The maximum absolute atomic E-state index is 11.4. The molecule has 0 unspecified atom stereocenters. The fourth-order valence-corrected chi connectivity index (χ4v) is 1.99. The number of carbonyl (C=O) groups is 2. The first-order valence-electron chi connectivity index (χ1n) is 4.11. The van der Waals surface area contributed by atoms with Crippen molar-refractivity contribution in [3.05, 3.63) is 27.7 Å². The molecule has 7 heteroatoms. The van der Waals surface area contributed by atoms with Crippen molar-refractivity contribution < 1.29 is 14.8 Å². The average Bonchev–Trinajstić information content (AvgIpc) is 2.20. The molecule has 0 atom stereocenters. The highest BCUT2D eigenvalue weighted by Crippen LogP contribution is 2.32. The van der Waals surface area contributed by atoms with Gasteiger partial charge >= 0.3 is 0 Å². The van der Waals surface area contributed by atoms with E-state index in [1.165, 1.54) is 12.1 Å². The first-order chi connectivity index (χ1) is 7.54. The number of carbonyl (C=O) groups excluding carboxylic acids is 2. The van der Waals surface area contributed by atoms with Crippen LogP contribution in [0.1, 0.15) is 5.56 Å². The SMILES string of the molecule is O=C1Nc2cc(Cl)cc(Cl)c2/C(=N/O)C1=O. The molecule has 1 aliphatic heterocycles. The molecule has 16 heavy (non-hydrogen) atoms. The predicted octanol–water partition coefficient (Wildman–Crippen LogP) is 1.69. The van der Waals surface area contributed by atoms with Gasteiger partial charge in [-0.3, -0.25) is 9.59 Å². The van der Waals surface area contributed by atoms with Gasteiger partial charge in [0.2, 0.25) is 0 Å². The first kappa shape index (κ1) is 10.9. The molecule has 0 saturated carbocycles. The van der Waals surface area contributed by atoms with Crippen LogP contribution in [0.15, 0.2) is 17.3 Å². The van der Waals surface area contributed by atoms with E-state index in [1.807, 2.05) is 0 Å². The average molecular weight is 259 g/mol. The Morgan fingerprint density at radius 3 is 2.56 bits per heavy atom. The Morgan fingerprint density at radius 1 is 1.25 bits per heavy atom. The van der Waals surface area contributed by atoms with Crippen LogP contribution in [0.4, 0.5) is 5.69 Å². The summed E-state index contributed by atoms with van der Waals surface area (Å²) in [4.78, 5) is 22.6. The number of oxime groups is 1. The lowest BCUT2D eigenvalue weighted by molar-refractivity contribution is -0.131. The molecular weight excluding hydrogens is 255 g/mol. The number of nitrogens with zero attached hydrogens (tertiary/aromatic N) is 1. The summed E-state index contributed by atoms with van der Waals surface area (Å²) in [6, 6.07) is 2.80. The largest absolute Gasteiger partial charge is 0.410 e. The second-order valence-electron chi connectivity index (χ2n) is 3.04. The zero-order chi connectivity index (χ0) is 11.9. The van der Waals surface area contributed by atoms with Crippen LogP contribution in [-0.4, -0.2) is 22.6 Å². The molecule has 0 bridgehead atoms. The van der Waals surface area contributed by atoms with Crippen LogP contribution in [0, 0.1) is 0 Å². The van der Waals surface area contributed by atoms with E-state index in [4.69, 9.17) is 28.4 Å². The highest BCUT2D eigenvalue weighted by Gasteiger charge is 2.32. The van der Waals surface area contributed by atoms with E-state index in [0.29, 0.717) is 5.02 Å². The highest BCUT2D eigenvalue weighted by molar-refractivity contribution is 6.73. The van der Waals surface area contributed by atoms with Crippen molar-refractivity contribution >= 4 is 46.3 Å². The van der Waals surface area contributed by atoms with Crippen molar-refractivity contribution in [1.82, 2.24) is 0 Å². The van der Waals surface area contributed by atoms with E-state index in [-0.39, 0.29) is 22.0 Å². The van der Waals surface area contributed by atoms with Gasteiger partial charge in [0.1, 0.15) is 0 Å². The van der Waals surface area contributed by atoms with Crippen LogP contribution >= 0.6 is 23.2 Å². The van der Waals surface area contributed by atoms with Gasteiger partial charge in [0, 0.05) is 5.02 Å². The van der Waals surface area contributed by atoms with Gasteiger partial charge in [0.15, 0.2) is 5.71 Å². The summed E-state index contributed by atoms with van der Waals surface area (Å²) in [6.07, 6.45) is 0. The zero-order valence-electron chi connectivity index (χ0n) is 7.62. The molecule has 1 aliphatic rings. The van der Waals surface area contributed by atoms with E-state index in [9.17, 15) is 9.59 Å². The van der Waals surface area contributed by atoms with E-state index >= 15 is 0 Å². The van der Waals surface area contributed by atoms with Gasteiger partial charge in [-0.05, 0) is 12.1 Å². The van der Waals surface area contributed by atoms with Gasteiger partial charge in [0.05, 0.1) is 16.3 Å². The topological polar surface area (TPSA) is 78.8 Å². The molecule has 5 nitrogen and oxygen atoms in total. The summed E-state index contributed by atoms with van der Waals surface area (Å²) < 4.78 is 0. The molecule has 82 valence electrons. The quantitative estimate of drug-likeness (QED) is 0.422. The summed E-state index contributed by atoms with van der Waals surface area (Å²) in [5.41, 5.74) is 0.0217. The molecular formula is C9H4Cl2N2O3. The number of fused-ring (bicyclic) bond motifs is 1. The number of hydrogen-bond donors (Lipinski definition) is 2. The number of Topliss-reactive ketones (excluding diaryl/α,β-unsaturated/α-hetero) is 1. The molecule has 0 fully saturated rings. The fourth-order valence-electron chi connectivity index (χ4n) is 1.41. The van der Waals surface area contributed by atoms with Gasteiger partial charge in [-0.1, -0.05) is 28.4 Å². The smallest absolute Gasteiger partial charge is 0.298 e. The lowest BCUT2D eigenvalue weighted by Crippen LogP contribution is -2.36. The fraction of sp³-hybridized carbons (Fsp3) is 0. The van der Waals surface area contributed by atoms with Gasteiger partial charge in [-0.15, -0.1) is 0 Å². The van der Waals surface area contributed by atoms with Gasteiger partial charge in [-0.2, -0.15) is 0 Å². The van der Waals surface area contributed by atoms with E-state index in [1.54, 1.807) is 0 Å². The Labute approximate surface area is 99.6 Å². The molecule has 1 amide bonds. The van der Waals surface area contributed by atoms with Crippen LogP contribution in [0.2, 0.25) is 10.0 Å². The molecule has 0 aliphatic carbocycles. The summed E-state index contributed by atoms with van der Waals surface area (Å²) in [7, 11) is 0. The minimum absolute atomic E-state index is 0.128. The number of nitrogens with one attached hydrogen (secondary N) is 1. The minimum Gasteiger partial charge on any atom is -0.410 e. The lowest BCUT2D eigenvalue weighted by atomic mass is 10.00. The number of halogens is 2. The van der Waals surface area contributed by atoms with Crippen molar-refractivity contribution in [2.45, 2.75) is 0 Å². The van der Waals surface area contributed by atoms with Crippen LogP contribution in [-0.2, 0) is 9.59 Å². The molecule has 2 N–H and O–H groups in total. The highest BCUT2D eigenvalue weighted by atomic mass is 35.5. The summed E-state index contributed by atoms with van der Waals surface area (Å²) >= 11 is 11.6. The first-order valence-corrected chi connectivity index (χ1v) is 4.87. The molecule has 0 radical (unpaired) electrons. The Morgan fingerprint density at radius 2 is 1.94 bits per heavy atom. The number of ketones is 1. The van der Waals surface area contributed by atoms with Crippen molar-refractivity contribution in [2.75, 3.05) is 5.32 Å². The molecule has 1 aromatic carbocycles. The third kappa shape index (κ3) is 1.54. The van der Waals surface area contributed by atoms with Crippen LogP contribution in [0.3, 0.4) is 0 Å². The summed E-state index contributed by atoms with van der Waals surface area (Å²) in [5, 5.41) is 14.2. The van der Waals surface area contributed by atoms with Crippen LogP contribution < -0.4 is 5.32 Å². The Bertz CT molecular complexity index is 540. The molecule has 0 saturated heterocycles. The number of benzene rings is 1. The predicted molar refractivity (Wildman–Crippen MR) is 58.4 cm³/mol. The molecule has 1 heterocycles. The van der Waals surface area contributed by atoms with E-state index < -0.39 is 11.7 Å². The van der Waals surface area contributed by atoms with Gasteiger partial charge in [-0.25, -0.2) is 0 Å². The normalized spacial score (nSPS) is 17.2. The van der Waals surface area contributed by atoms with Crippen molar-refractivity contribution in [3.63, 3.8) is 0 Å². The van der Waals surface area contributed by atoms with E-state index in [2.05, 4.69) is 10.5 Å². The lowest BCUT2D eigenvalue weighted by Gasteiger charge is -2.17. The zero-order valence-corrected chi connectivity index (χ0v) is 9.13. The maximum Gasteiger partial charge on any atom is 0.298 e. The number of hydrogen-bond acceptors (Lipinski definition) is 4. The Hall–Kier alpha value is -1.59. The Balaban J connectivity index is 2.74. The monoisotopic (exact) mass is 258 g/mol. The minimum atomic E-state index is -0.945. The molecule has 0 spiro atoms. The second-order valence-corrected chi connectivity index (χ2v) is 3.89. The number of amides is 1. The molecule has 1 aromatic rings. The second kappa shape index (κ2) is 3.77. The van der Waals surface area contributed by atoms with Gasteiger partial charge in [0.25, 0.3) is 11.7 Å². The number of anilines is 1. The van der Waals surface area contributed by atoms with E-state index in [0.717, 1.165) is 0 Å². The van der Waals surface area contributed by atoms with Crippen LogP contribution in [0.5, 0.6) is 0 Å². The summed E-state index contributed by atoms with van der Waals surface area (Å²) in [6.45, 7) is 0. The van der Waals surface area contributed by atoms with Crippen LogP contribution in [0.25, 0.3) is 0 Å². The standard InChI is InChI=1S/C9H4Cl2N2O3/c10-3-1-4(11)6-5(2-3)12-9(15)8(14)7(6)13-16/h1-2,16H,(H,12,15)/b13-7-. The third-order valence-corrected chi connectivity index (χ3v) is 2.58. The maximum atomic E-state index is 11.4. The Kier molecular flexibility index (Phi) is 2.57. The number of rotatable bonds is 0. The van der Waals surface area contributed by atoms with Crippen molar-refractivity contribution in [2.24, 2.45) is 5.16 Å². The molecule has 2 rings (SSSR count). The molecule has 0 aromatic heterocycles. The van der Waals surface area contributed by atoms with Crippen molar-refractivity contribution in [1.29, 1.82) is 0 Å². The summed E-state index contributed by atoms with van der Waals surface area (Å²) in [5.74, 6) is -1.84. The third-order valence-electron chi connectivity index (χ3n) is 2.06. The van der Waals surface area contributed by atoms with Crippen molar-refractivity contribution in [3.8, 4) is 0 Å².